The van der Waals surface area contributed by atoms with Crippen LogP contribution in [0, 0.1) is 11.3 Å². The lowest BCUT2D eigenvalue weighted by molar-refractivity contribution is -0.130. The highest BCUT2D eigenvalue weighted by atomic mass is 16.2. The molecule has 0 radical (unpaired) electrons. The SMILES string of the molecule is CC(C)(C)C(NC(=O)CC1CC2CCC(C1)N2)C(N)=O. The lowest BCUT2D eigenvalue weighted by atomic mass is 9.85. The summed E-state index contributed by atoms with van der Waals surface area (Å²) in [4.78, 5) is 23.7. The van der Waals surface area contributed by atoms with Crippen molar-refractivity contribution in [2.75, 3.05) is 0 Å². The smallest absolute Gasteiger partial charge is 0.240 e. The normalized spacial score (nSPS) is 30.9. The molecule has 4 N–H and O–H groups in total. The molecule has 0 aliphatic carbocycles. The molecule has 2 aliphatic rings. The molecule has 0 aromatic carbocycles. The maximum atomic E-state index is 12.2. The standard InChI is InChI=1S/C15H27N3O2/c1-15(2,3)13(14(16)20)18-12(19)8-9-6-10-4-5-11(7-9)17-10/h9-11,13,17H,4-8H2,1-3H3,(H2,16,20)(H,18,19). The predicted molar refractivity (Wildman–Crippen MR) is 77.9 cm³/mol. The van der Waals surface area contributed by atoms with Gasteiger partial charge in [-0.2, -0.15) is 0 Å². The number of hydrogen-bond acceptors (Lipinski definition) is 3. The van der Waals surface area contributed by atoms with Crippen molar-refractivity contribution in [2.45, 2.75) is 71.0 Å². The van der Waals surface area contributed by atoms with E-state index in [0.717, 1.165) is 12.8 Å². The number of nitrogens with two attached hydrogens (primary N) is 1. The van der Waals surface area contributed by atoms with E-state index >= 15 is 0 Å². The average molecular weight is 281 g/mol. The summed E-state index contributed by atoms with van der Waals surface area (Å²) in [5.74, 6) is -0.0755. The molecule has 5 nitrogen and oxygen atoms in total. The first-order chi connectivity index (χ1) is 9.25. The zero-order chi connectivity index (χ0) is 14.9. The largest absolute Gasteiger partial charge is 0.368 e. The Labute approximate surface area is 121 Å². The van der Waals surface area contributed by atoms with Gasteiger partial charge >= 0.3 is 0 Å². The minimum Gasteiger partial charge on any atom is -0.368 e. The van der Waals surface area contributed by atoms with Crippen molar-refractivity contribution in [1.29, 1.82) is 0 Å². The fraction of sp³-hybridized carbons (Fsp3) is 0.867. The fourth-order valence-corrected chi connectivity index (χ4v) is 3.54. The molecule has 0 aromatic heterocycles. The molecule has 3 unspecified atom stereocenters. The van der Waals surface area contributed by atoms with E-state index in [0.29, 0.717) is 24.4 Å². The van der Waals surface area contributed by atoms with Crippen LogP contribution < -0.4 is 16.4 Å². The summed E-state index contributed by atoms with van der Waals surface area (Å²) < 4.78 is 0. The van der Waals surface area contributed by atoms with Crippen LogP contribution in [0.15, 0.2) is 0 Å². The first-order valence-electron chi connectivity index (χ1n) is 7.60. The summed E-state index contributed by atoms with van der Waals surface area (Å²) in [5.41, 5.74) is 5.04. The number of piperidine rings is 1. The van der Waals surface area contributed by atoms with Crippen molar-refractivity contribution in [3.8, 4) is 0 Å². The van der Waals surface area contributed by atoms with Gasteiger partial charge in [0.05, 0.1) is 0 Å². The molecule has 2 aliphatic heterocycles. The fourth-order valence-electron chi connectivity index (χ4n) is 3.54. The van der Waals surface area contributed by atoms with Crippen molar-refractivity contribution in [3.05, 3.63) is 0 Å². The number of carbonyl (C=O) groups excluding carboxylic acids is 2. The molecule has 114 valence electrons. The minimum absolute atomic E-state index is 0.0463. The molecule has 2 amide bonds. The van der Waals surface area contributed by atoms with Crippen molar-refractivity contribution in [1.82, 2.24) is 10.6 Å². The predicted octanol–water partition coefficient (Wildman–Crippen LogP) is 0.923. The maximum Gasteiger partial charge on any atom is 0.240 e. The lowest BCUT2D eigenvalue weighted by Crippen LogP contribution is -2.52. The molecular weight excluding hydrogens is 254 g/mol. The van der Waals surface area contributed by atoms with E-state index < -0.39 is 11.9 Å². The molecule has 5 heteroatoms. The average Bonchev–Trinajstić information content (AvgIpc) is 2.64. The van der Waals surface area contributed by atoms with Crippen LogP contribution in [0.4, 0.5) is 0 Å². The second-order valence-electron chi connectivity index (χ2n) is 7.45. The van der Waals surface area contributed by atoms with Crippen LogP contribution in [0.2, 0.25) is 0 Å². The summed E-state index contributed by atoms with van der Waals surface area (Å²) in [6.07, 6.45) is 5.11. The lowest BCUT2D eigenvalue weighted by Gasteiger charge is -2.31. The number of amides is 2. The third-order valence-electron chi connectivity index (χ3n) is 4.50. The van der Waals surface area contributed by atoms with Crippen LogP contribution in [-0.2, 0) is 9.59 Å². The van der Waals surface area contributed by atoms with Crippen LogP contribution in [-0.4, -0.2) is 29.9 Å². The summed E-state index contributed by atoms with van der Waals surface area (Å²) in [5, 5.41) is 6.39. The first kappa shape index (κ1) is 15.3. The monoisotopic (exact) mass is 281 g/mol. The number of carbonyl (C=O) groups is 2. The van der Waals surface area contributed by atoms with Crippen LogP contribution in [0.3, 0.4) is 0 Å². The van der Waals surface area contributed by atoms with Crippen LogP contribution in [0.25, 0.3) is 0 Å². The molecular formula is C15H27N3O2. The van der Waals surface area contributed by atoms with Crippen molar-refractivity contribution >= 4 is 11.8 Å². The van der Waals surface area contributed by atoms with Gasteiger partial charge in [-0.05, 0) is 37.0 Å². The Morgan fingerprint density at radius 1 is 1.25 bits per heavy atom. The quantitative estimate of drug-likeness (QED) is 0.716. The third-order valence-corrected chi connectivity index (χ3v) is 4.50. The minimum atomic E-state index is -0.603. The molecule has 2 saturated heterocycles. The van der Waals surface area contributed by atoms with E-state index in [1.807, 2.05) is 20.8 Å². The molecule has 20 heavy (non-hydrogen) atoms. The Morgan fingerprint density at radius 3 is 2.25 bits per heavy atom. The number of primary amides is 1. The van der Waals surface area contributed by atoms with Gasteiger partial charge in [0.15, 0.2) is 0 Å². The zero-order valence-corrected chi connectivity index (χ0v) is 12.7. The summed E-state index contributed by atoms with van der Waals surface area (Å²) in [6, 6.07) is 0.565. The molecule has 0 saturated carbocycles. The summed E-state index contributed by atoms with van der Waals surface area (Å²) >= 11 is 0. The Balaban J connectivity index is 1.87. The van der Waals surface area contributed by atoms with Gasteiger partial charge in [-0.1, -0.05) is 20.8 Å². The van der Waals surface area contributed by atoms with E-state index in [2.05, 4.69) is 10.6 Å². The van der Waals surface area contributed by atoms with Gasteiger partial charge in [-0.3, -0.25) is 9.59 Å². The highest BCUT2D eigenvalue weighted by Crippen LogP contribution is 2.32. The Hall–Kier alpha value is -1.10. The zero-order valence-electron chi connectivity index (χ0n) is 12.7. The van der Waals surface area contributed by atoms with E-state index in [4.69, 9.17) is 5.73 Å². The van der Waals surface area contributed by atoms with Crippen LogP contribution in [0.5, 0.6) is 0 Å². The second kappa shape index (κ2) is 5.72. The number of fused-ring (bicyclic) bond motifs is 2. The summed E-state index contributed by atoms with van der Waals surface area (Å²) in [6.45, 7) is 5.73. The van der Waals surface area contributed by atoms with Gasteiger partial charge in [-0.25, -0.2) is 0 Å². The Bertz CT molecular complexity index is 377. The molecule has 0 aromatic rings. The van der Waals surface area contributed by atoms with E-state index in [-0.39, 0.29) is 11.3 Å². The molecule has 2 rings (SSSR count). The van der Waals surface area contributed by atoms with Crippen molar-refractivity contribution < 1.29 is 9.59 Å². The molecule has 3 atom stereocenters. The first-order valence-corrected chi connectivity index (χ1v) is 7.60. The highest BCUT2D eigenvalue weighted by Gasteiger charge is 2.36. The van der Waals surface area contributed by atoms with Crippen molar-refractivity contribution in [3.63, 3.8) is 0 Å². The van der Waals surface area contributed by atoms with Gasteiger partial charge in [-0.15, -0.1) is 0 Å². The van der Waals surface area contributed by atoms with Gasteiger partial charge in [0, 0.05) is 18.5 Å². The summed E-state index contributed by atoms with van der Waals surface area (Å²) in [7, 11) is 0. The van der Waals surface area contributed by atoms with E-state index in [9.17, 15) is 9.59 Å². The van der Waals surface area contributed by atoms with E-state index in [1.54, 1.807) is 0 Å². The topological polar surface area (TPSA) is 84.2 Å². The molecule has 2 bridgehead atoms. The van der Waals surface area contributed by atoms with Gasteiger partial charge in [0.25, 0.3) is 0 Å². The van der Waals surface area contributed by atoms with Crippen LogP contribution in [0.1, 0.15) is 52.9 Å². The number of rotatable bonds is 4. The van der Waals surface area contributed by atoms with Crippen molar-refractivity contribution in [2.24, 2.45) is 17.1 Å². The number of nitrogens with one attached hydrogen (secondary N) is 2. The molecule has 2 fully saturated rings. The van der Waals surface area contributed by atoms with E-state index in [1.165, 1.54) is 12.8 Å². The van der Waals surface area contributed by atoms with Crippen LogP contribution >= 0.6 is 0 Å². The molecule has 2 heterocycles. The van der Waals surface area contributed by atoms with Gasteiger partial charge < -0.3 is 16.4 Å². The highest BCUT2D eigenvalue weighted by molar-refractivity contribution is 5.87. The van der Waals surface area contributed by atoms with Gasteiger partial charge in [0.1, 0.15) is 6.04 Å². The number of hydrogen-bond donors (Lipinski definition) is 3. The maximum absolute atomic E-state index is 12.2. The second-order valence-corrected chi connectivity index (χ2v) is 7.45. The molecule has 0 spiro atoms. The Kier molecular flexibility index (Phi) is 4.37. The Morgan fingerprint density at radius 2 is 1.80 bits per heavy atom. The van der Waals surface area contributed by atoms with Gasteiger partial charge in [0.2, 0.25) is 11.8 Å². The third kappa shape index (κ3) is 3.72.